The summed E-state index contributed by atoms with van der Waals surface area (Å²) in [6.45, 7) is 4.75. The van der Waals surface area contributed by atoms with Gasteiger partial charge in [-0.05, 0) is 54.4 Å². The van der Waals surface area contributed by atoms with Gasteiger partial charge in [0.2, 0.25) is 0 Å². The summed E-state index contributed by atoms with van der Waals surface area (Å²) in [5.41, 5.74) is 2.81. The fraction of sp³-hybridized carbons (Fsp3) is 0.500. The van der Waals surface area contributed by atoms with Gasteiger partial charge in [0.1, 0.15) is 5.75 Å². The average molecular weight is 339 g/mol. The molecule has 0 aromatic heterocycles. The van der Waals surface area contributed by atoms with Crippen molar-refractivity contribution in [2.45, 2.75) is 65.2 Å². The van der Waals surface area contributed by atoms with Gasteiger partial charge in [-0.15, -0.1) is 0 Å². The highest BCUT2D eigenvalue weighted by Gasteiger charge is 2.16. The number of aryl methyl sites for hydroxylation is 1. The third kappa shape index (κ3) is 7.34. The van der Waals surface area contributed by atoms with Crippen LogP contribution in [-0.2, 0) is 12.8 Å². The summed E-state index contributed by atoms with van der Waals surface area (Å²) in [5, 5.41) is 9.34. The molecule has 2 unspecified atom stereocenters. The van der Waals surface area contributed by atoms with Gasteiger partial charge in [-0.3, -0.25) is 0 Å². The molecule has 2 aromatic rings. The Morgan fingerprint density at radius 3 is 2.20 bits per heavy atom. The van der Waals surface area contributed by atoms with E-state index in [1.54, 1.807) is 12.1 Å². The summed E-state index contributed by atoms with van der Waals surface area (Å²) in [4.78, 5) is 0. The van der Waals surface area contributed by atoms with E-state index in [0.717, 1.165) is 18.3 Å². The largest absolute Gasteiger partial charge is 0.508 e. The van der Waals surface area contributed by atoms with Crippen LogP contribution in [0.4, 0.5) is 0 Å². The zero-order valence-electron chi connectivity index (χ0n) is 16.0. The van der Waals surface area contributed by atoms with E-state index in [-0.39, 0.29) is 0 Å². The molecule has 1 N–H and O–H groups in total. The van der Waals surface area contributed by atoms with Crippen LogP contribution < -0.4 is 0 Å². The average Bonchev–Trinajstić information content (AvgIpc) is 2.63. The van der Waals surface area contributed by atoms with Crippen molar-refractivity contribution in [1.29, 1.82) is 0 Å². The van der Waals surface area contributed by atoms with Crippen LogP contribution in [0.2, 0.25) is 0 Å². The molecule has 0 amide bonds. The van der Waals surface area contributed by atoms with Crippen molar-refractivity contribution in [1.82, 2.24) is 0 Å². The molecule has 0 saturated heterocycles. The van der Waals surface area contributed by atoms with Crippen LogP contribution in [0.1, 0.15) is 63.5 Å². The molecule has 0 bridgehead atoms. The van der Waals surface area contributed by atoms with Gasteiger partial charge in [-0.2, -0.15) is 0 Å². The molecule has 0 radical (unpaired) electrons. The fourth-order valence-corrected chi connectivity index (χ4v) is 3.81. The molecule has 25 heavy (non-hydrogen) atoms. The molecule has 0 aliphatic carbocycles. The molecule has 0 fully saturated rings. The number of rotatable bonds is 11. The van der Waals surface area contributed by atoms with Crippen LogP contribution in [0.3, 0.4) is 0 Å². The van der Waals surface area contributed by atoms with Gasteiger partial charge in [0.25, 0.3) is 0 Å². The van der Waals surface area contributed by atoms with Crippen molar-refractivity contribution in [3.05, 3.63) is 65.7 Å². The summed E-state index contributed by atoms with van der Waals surface area (Å²) in [5.74, 6) is 1.97. The first kappa shape index (κ1) is 19.6. The number of hydrogen-bond donors (Lipinski definition) is 1. The SMILES string of the molecule is CCCC(CCCCCc1ccc(O)cc1)C(C)Cc1ccccc1. The van der Waals surface area contributed by atoms with E-state index in [4.69, 9.17) is 0 Å². The number of hydrogen-bond acceptors (Lipinski definition) is 1. The second kappa shape index (κ2) is 11.0. The van der Waals surface area contributed by atoms with Crippen LogP contribution in [0, 0.1) is 11.8 Å². The first-order chi connectivity index (χ1) is 12.2. The molecule has 0 saturated carbocycles. The minimum absolute atomic E-state index is 0.360. The van der Waals surface area contributed by atoms with Crippen LogP contribution in [0.25, 0.3) is 0 Å². The van der Waals surface area contributed by atoms with Gasteiger partial charge in [-0.1, -0.05) is 88.4 Å². The molecule has 0 heterocycles. The molecular weight excluding hydrogens is 304 g/mol. The normalized spacial score (nSPS) is 13.5. The number of phenols is 1. The molecule has 2 atom stereocenters. The summed E-state index contributed by atoms with van der Waals surface area (Å²) < 4.78 is 0. The van der Waals surface area contributed by atoms with E-state index in [9.17, 15) is 5.11 Å². The predicted octanol–water partition coefficient (Wildman–Crippen LogP) is 6.79. The Morgan fingerprint density at radius 1 is 0.800 bits per heavy atom. The maximum atomic E-state index is 9.34. The van der Waals surface area contributed by atoms with Gasteiger partial charge in [-0.25, -0.2) is 0 Å². The lowest BCUT2D eigenvalue weighted by molar-refractivity contribution is 0.301. The van der Waals surface area contributed by atoms with Crippen molar-refractivity contribution in [2.75, 3.05) is 0 Å². The summed E-state index contributed by atoms with van der Waals surface area (Å²) >= 11 is 0. The molecule has 2 aromatic carbocycles. The maximum absolute atomic E-state index is 9.34. The number of benzene rings is 2. The van der Waals surface area contributed by atoms with Gasteiger partial charge < -0.3 is 5.11 Å². The molecular formula is C24H34O. The van der Waals surface area contributed by atoms with Gasteiger partial charge in [0.05, 0.1) is 0 Å². The summed E-state index contributed by atoms with van der Waals surface area (Å²) in [6, 6.07) is 18.6. The Kier molecular flexibility index (Phi) is 8.59. The zero-order valence-corrected chi connectivity index (χ0v) is 16.0. The fourth-order valence-electron chi connectivity index (χ4n) is 3.81. The standard InChI is InChI=1S/C24H34O/c1-3-10-23(20(2)19-22-12-7-4-8-13-22)14-9-5-6-11-21-15-17-24(25)18-16-21/h4,7-8,12-13,15-18,20,23,25H,3,5-6,9-11,14,19H2,1-2H3. The molecule has 136 valence electrons. The van der Waals surface area contributed by atoms with Crippen molar-refractivity contribution in [3.63, 3.8) is 0 Å². The minimum Gasteiger partial charge on any atom is -0.508 e. The van der Waals surface area contributed by atoms with E-state index >= 15 is 0 Å². The van der Waals surface area contributed by atoms with E-state index in [1.807, 2.05) is 12.1 Å². The Labute approximate surface area is 154 Å². The summed E-state index contributed by atoms with van der Waals surface area (Å²) in [7, 11) is 0. The van der Waals surface area contributed by atoms with E-state index < -0.39 is 0 Å². The monoisotopic (exact) mass is 338 g/mol. The number of aromatic hydroxyl groups is 1. The third-order valence-electron chi connectivity index (χ3n) is 5.34. The number of unbranched alkanes of at least 4 members (excludes halogenated alkanes) is 2. The third-order valence-corrected chi connectivity index (χ3v) is 5.34. The molecule has 1 heteroatoms. The van der Waals surface area contributed by atoms with Crippen LogP contribution in [-0.4, -0.2) is 5.11 Å². The van der Waals surface area contributed by atoms with Gasteiger partial charge >= 0.3 is 0 Å². The predicted molar refractivity (Wildman–Crippen MR) is 108 cm³/mol. The van der Waals surface area contributed by atoms with Gasteiger partial charge in [0, 0.05) is 0 Å². The van der Waals surface area contributed by atoms with Gasteiger partial charge in [0.15, 0.2) is 0 Å². The van der Waals surface area contributed by atoms with Crippen molar-refractivity contribution < 1.29 is 5.11 Å². The smallest absolute Gasteiger partial charge is 0.115 e. The Bertz CT molecular complexity index is 573. The topological polar surface area (TPSA) is 20.2 Å². The Hall–Kier alpha value is -1.76. The first-order valence-electron chi connectivity index (χ1n) is 10.0. The molecule has 0 spiro atoms. The molecule has 0 aliphatic rings. The minimum atomic E-state index is 0.360. The summed E-state index contributed by atoms with van der Waals surface area (Å²) in [6.07, 6.45) is 10.2. The lowest BCUT2D eigenvalue weighted by Gasteiger charge is -2.24. The second-order valence-electron chi connectivity index (χ2n) is 7.48. The van der Waals surface area contributed by atoms with E-state index in [0.29, 0.717) is 5.75 Å². The van der Waals surface area contributed by atoms with Crippen LogP contribution >= 0.6 is 0 Å². The molecule has 0 aliphatic heterocycles. The number of phenolic OH excluding ortho intramolecular Hbond substituents is 1. The van der Waals surface area contributed by atoms with Crippen molar-refractivity contribution in [2.24, 2.45) is 11.8 Å². The van der Waals surface area contributed by atoms with Crippen molar-refractivity contribution >= 4 is 0 Å². The zero-order chi connectivity index (χ0) is 17.9. The Morgan fingerprint density at radius 2 is 1.52 bits per heavy atom. The van der Waals surface area contributed by atoms with Crippen molar-refractivity contribution in [3.8, 4) is 5.75 Å². The Balaban J connectivity index is 1.70. The van der Waals surface area contributed by atoms with Crippen LogP contribution in [0.15, 0.2) is 54.6 Å². The molecule has 2 rings (SSSR count). The lowest BCUT2D eigenvalue weighted by atomic mass is 9.82. The highest BCUT2D eigenvalue weighted by molar-refractivity contribution is 5.25. The van der Waals surface area contributed by atoms with E-state index in [2.05, 4.69) is 44.2 Å². The highest BCUT2D eigenvalue weighted by atomic mass is 16.3. The molecule has 1 nitrogen and oxygen atoms in total. The van der Waals surface area contributed by atoms with E-state index in [1.165, 1.54) is 56.1 Å². The second-order valence-corrected chi connectivity index (χ2v) is 7.48. The quantitative estimate of drug-likeness (QED) is 0.447. The first-order valence-corrected chi connectivity index (χ1v) is 10.0. The van der Waals surface area contributed by atoms with Crippen LogP contribution in [0.5, 0.6) is 5.75 Å². The maximum Gasteiger partial charge on any atom is 0.115 e. The lowest BCUT2D eigenvalue weighted by Crippen LogP contribution is -2.14. The highest BCUT2D eigenvalue weighted by Crippen LogP contribution is 2.27.